The first-order chi connectivity index (χ1) is 51.7. The van der Waals surface area contributed by atoms with Crippen LogP contribution in [0.15, 0.2) is 170 Å². The highest BCUT2D eigenvalue weighted by Gasteiger charge is 2.30. The molecule has 19 heteroatoms. The van der Waals surface area contributed by atoms with Gasteiger partial charge in [0, 0.05) is 19.3 Å². The summed E-state index contributed by atoms with van der Waals surface area (Å²) in [6.45, 7) is 4.34. The number of hydrogen-bond donors (Lipinski definition) is 3. The van der Waals surface area contributed by atoms with Crippen molar-refractivity contribution in [2.24, 2.45) is 0 Å². The Balaban J connectivity index is 5.46. The second-order valence-electron chi connectivity index (χ2n) is 26.2. The van der Waals surface area contributed by atoms with Crippen molar-refractivity contribution in [3.63, 3.8) is 0 Å². The number of aliphatic hydroxyl groups excluding tert-OH is 1. The summed E-state index contributed by atoms with van der Waals surface area (Å²) in [7, 11) is -10.0. The van der Waals surface area contributed by atoms with Crippen LogP contribution in [-0.2, 0) is 65.4 Å². The monoisotopic (exact) mass is 1520 g/mol. The van der Waals surface area contributed by atoms with Crippen molar-refractivity contribution >= 4 is 39.5 Å². The normalized spacial score (nSPS) is 14.7. The zero-order chi connectivity index (χ0) is 77.4. The van der Waals surface area contributed by atoms with Crippen LogP contribution in [0.2, 0.25) is 0 Å². The zero-order valence-corrected chi connectivity index (χ0v) is 67.6. The van der Waals surface area contributed by atoms with Gasteiger partial charge in [0.05, 0.1) is 32.8 Å². The van der Waals surface area contributed by atoms with Gasteiger partial charge in [-0.2, -0.15) is 0 Å². The minimum absolute atomic E-state index is 0.0649. The van der Waals surface area contributed by atoms with Gasteiger partial charge in [-0.05, 0) is 154 Å². The van der Waals surface area contributed by atoms with Gasteiger partial charge in [0.2, 0.25) is 0 Å². The highest BCUT2D eigenvalue weighted by atomic mass is 31.2. The Morgan fingerprint density at radius 1 is 0.283 bits per heavy atom. The van der Waals surface area contributed by atoms with Crippen LogP contribution >= 0.6 is 15.6 Å². The molecule has 0 amide bonds. The van der Waals surface area contributed by atoms with Crippen LogP contribution in [0.1, 0.15) is 297 Å². The fraction of sp³-hybridized carbons (Fsp3) is 0.632. The lowest BCUT2D eigenvalue weighted by molar-refractivity contribution is -0.161. The molecule has 0 aromatic heterocycles. The Morgan fingerprint density at radius 3 is 0.840 bits per heavy atom. The molecule has 0 aliphatic rings. The number of ether oxygens (including phenoxy) is 4. The molecule has 3 N–H and O–H groups in total. The van der Waals surface area contributed by atoms with Crippen LogP contribution in [-0.4, -0.2) is 96.7 Å². The molecule has 0 bridgehead atoms. The van der Waals surface area contributed by atoms with Crippen molar-refractivity contribution in [1.82, 2.24) is 0 Å². The molecule has 0 rings (SSSR count). The number of hydrogen-bond acceptors (Lipinski definition) is 15. The summed E-state index contributed by atoms with van der Waals surface area (Å²) in [4.78, 5) is 73.0. The highest BCUT2D eigenvalue weighted by Crippen LogP contribution is 2.45. The highest BCUT2D eigenvalue weighted by molar-refractivity contribution is 7.47. The van der Waals surface area contributed by atoms with E-state index in [4.69, 9.17) is 37.0 Å². The van der Waals surface area contributed by atoms with E-state index < -0.39 is 97.5 Å². The minimum atomic E-state index is -5.01. The number of phosphoric acid groups is 2. The number of esters is 4. The van der Waals surface area contributed by atoms with E-state index in [0.717, 1.165) is 199 Å². The van der Waals surface area contributed by atoms with Crippen LogP contribution in [0.5, 0.6) is 0 Å². The molecule has 0 saturated heterocycles. The molecule has 0 spiro atoms. The van der Waals surface area contributed by atoms with Gasteiger partial charge in [-0.1, -0.05) is 288 Å². The first-order valence-corrected chi connectivity index (χ1v) is 43.4. The number of unbranched alkanes of at least 4 members (excludes halogenated alkanes) is 21. The van der Waals surface area contributed by atoms with Crippen molar-refractivity contribution in [2.75, 3.05) is 39.6 Å². The smallest absolute Gasteiger partial charge is 0.462 e. The lowest BCUT2D eigenvalue weighted by Gasteiger charge is -2.21. The molecule has 0 aliphatic heterocycles. The minimum Gasteiger partial charge on any atom is -0.462 e. The van der Waals surface area contributed by atoms with Crippen LogP contribution in [0, 0.1) is 0 Å². The second kappa shape index (κ2) is 77.6. The van der Waals surface area contributed by atoms with E-state index in [1.165, 1.54) is 19.3 Å². The van der Waals surface area contributed by atoms with E-state index in [9.17, 15) is 43.2 Å². The molecule has 0 aliphatic carbocycles. The molecule has 0 aromatic rings. The molecule has 0 radical (unpaired) electrons. The summed E-state index contributed by atoms with van der Waals surface area (Å²) >= 11 is 0. The SMILES string of the molecule is CC/C=C\C/C=C\C/C=C\C/C=C\C/C=C\CC(=O)OC(COC(=O)CCCCCCCC/C=C\C/C=C\C/C=C\CCCCC)COP(=O)(O)OCC(O)COP(=O)(O)OCC(COC(=O)CCCCCCCCC/C=C\C/C=C\C/C=C\CC)OC(=O)CCCCCCC/C=C\C/C=C\C/C=C\CC. The number of allylic oxidation sites excluding steroid dienone is 27. The lowest BCUT2D eigenvalue weighted by atomic mass is 10.1. The molecule has 0 saturated carbocycles. The van der Waals surface area contributed by atoms with Crippen LogP contribution in [0.4, 0.5) is 0 Å². The van der Waals surface area contributed by atoms with Crippen molar-refractivity contribution in [3.8, 4) is 0 Å². The van der Waals surface area contributed by atoms with Gasteiger partial charge < -0.3 is 33.8 Å². The third kappa shape index (κ3) is 76.6. The van der Waals surface area contributed by atoms with Gasteiger partial charge in [0.15, 0.2) is 12.2 Å². The summed E-state index contributed by atoms with van der Waals surface area (Å²) in [6.07, 6.45) is 92.2. The Kier molecular flexibility index (Phi) is 73.5. The van der Waals surface area contributed by atoms with E-state index in [1.54, 1.807) is 12.2 Å². The molecular weight excluding hydrogens is 1380 g/mol. The lowest BCUT2D eigenvalue weighted by Crippen LogP contribution is -2.30. The van der Waals surface area contributed by atoms with Gasteiger partial charge in [0.1, 0.15) is 19.3 Å². The Hall–Kier alpha value is -5.58. The quantitative estimate of drug-likeness (QED) is 0.0169. The number of phosphoric ester groups is 2. The number of rotatable bonds is 74. The van der Waals surface area contributed by atoms with E-state index in [2.05, 4.69) is 174 Å². The van der Waals surface area contributed by atoms with E-state index in [-0.39, 0.29) is 25.7 Å². The molecule has 17 nitrogen and oxygen atoms in total. The largest absolute Gasteiger partial charge is 0.472 e. The predicted octanol–water partition coefficient (Wildman–Crippen LogP) is 23.8. The fourth-order valence-corrected chi connectivity index (χ4v) is 11.7. The Bertz CT molecular complexity index is 2680. The van der Waals surface area contributed by atoms with Crippen molar-refractivity contribution in [1.29, 1.82) is 0 Å². The number of carbonyl (C=O) groups excluding carboxylic acids is 4. The first-order valence-electron chi connectivity index (χ1n) is 40.4. The van der Waals surface area contributed by atoms with Crippen LogP contribution in [0.25, 0.3) is 0 Å². The maximum absolute atomic E-state index is 13.1. The number of carbonyl (C=O) groups is 4. The third-order valence-electron chi connectivity index (χ3n) is 16.2. The van der Waals surface area contributed by atoms with Gasteiger partial charge in [0.25, 0.3) is 0 Å². The molecule has 5 unspecified atom stereocenters. The Morgan fingerprint density at radius 2 is 0.528 bits per heavy atom. The molecule has 0 aromatic carbocycles. The van der Waals surface area contributed by atoms with E-state index in [0.29, 0.717) is 25.7 Å². The maximum atomic E-state index is 13.1. The average Bonchev–Trinajstić information content (AvgIpc) is 0.902. The molecule has 0 fully saturated rings. The van der Waals surface area contributed by atoms with Crippen LogP contribution in [0.3, 0.4) is 0 Å². The summed E-state index contributed by atoms with van der Waals surface area (Å²) < 4.78 is 68.5. The van der Waals surface area contributed by atoms with Gasteiger partial charge in [-0.25, -0.2) is 9.13 Å². The molecule has 5 atom stereocenters. The average molecular weight is 1520 g/mol. The molecule has 0 heterocycles. The van der Waals surface area contributed by atoms with Gasteiger partial charge in [-0.3, -0.25) is 37.3 Å². The van der Waals surface area contributed by atoms with Crippen molar-refractivity contribution in [2.45, 2.75) is 316 Å². The van der Waals surface area contributed by atoms with E-state index >= 15 is 0 Å². The van der Waals surface area contributed by atoms with Gasteiger partial charge >= 0.3 is 39.5 Å². The topological polar surface area (TPSA) is 237 Å². The fourth-order valence-electron chi connectivity index (χ4n) is 10.2. The molecule has 602 valence electrons. The molecule has 106 heavy (non-hydrogen) atoms. The van der Waals surface area contributed by atoms with Gasteiger partial charge in [-0.15, -0.1) is 0 Å². The third-order valence-corrected chi connectivity index (χ3v) is 18.1. The summed E-state index contributed by atoms with van der Waals surface area (Å²) in [5, 5.41) is 10.6. The summed E-state index contributed by atoms with van der Waals surface area (Å²) in [6, 6.07) is 0. The molecular formula is C87H142O17P2. The van der Waals surface area contributed by atoms with Crippen LogP contribution < -0.4 is 0 Å². The van der Waals surface area contributed by atoms with Crippen molar-refractivity contribution < 1.29 is 80.2 Å². The first kappa shape index (κ1) is 100. The number of aliphatic hydroxyl groups is 1. The second-order valence-corrected chi connectivity index (χ2v) is 29.1. The Labute approximate surface area is 642 Å². The summed E-state index contributed by atoms with van der Waals surface area (Å²) in [5.41, 5.74) is 0. The summed E-state index contributed by atoms with van der Waals surface area (Å²) in [5.74, 6) is -2.38. The van der Waals surface area contributed by atoms with E-state index in [1.807, 2.05) is 12.2 Å². The predicted molar refractivity (Wildman–Crippen MR) is 436 cm³/mol. The van der Waals surface area contributed by atoms with Crippen molar-refractivity contribution in [3.05, 3.63) is 170 Å². The standard InChI is InChI=1S/C87H142O17P2/c1-5-9-13-17-21-25-29-33-37-39-40-42-46-48-52-56-60-64-68-72-85(90)98-78-83(104-87(92)74-70-66-62-58-54-50-44-36-32-28-24-20-16-12-8-4)80-102-106(95,96)100-76-81(88)75-99-105(93,94)101-79-82(103-86(91)73-69-65-61-57-53-49-43-35-31-27-23-19-15-11-7-3)77-97-84(89)71-67-63-59-55-51-47-45-41-38-34-30-26-22-18-14-10-6-2/h10-12,14-16,21-28,33-38,40,42-44,54,58,66,70,81-83,88H,5-9,13,17-20,29-32,39,41,45-53,55-57,59-65,67-69,71-80H2,1-4H3,(H,93,94)(H,95,96)/b14-10-,15-11-,16-12-,25-21-,26-22-,27-23-,28-24-,37-33-,38-34-,42-40-,43-35-,44-36-,58-54-,70-66-. The zero-order valence-electron chi connectivity index (χ0n) is 65.8. The maximum Gasteiger partial charge on any atom is 0.472 e.